The van der Waals surface area contributed by atoms with Gasteiger partial charge in [0.1, 0.15) is 0 Å². The van der Waals surface area contributed by atoms with Crippen molar-refractivity contribution in [1.29, 1.82) is 0 Å². The van der Waals surface area contributed by atoms with Crippen molar-refractivity contribution in [2.75, 3.05) is 5.75 Å². The van der Waals surface area contributed by atoms with Gasteiger partial charge in [-0.05, 0) is 42.2 Å². The van der Waals surface area contributed by atoms with Crippen LogP contribution in [0.1, 0.15) is 53.3 Å². The number of carbonyl (C=O) groups excluding carboxylic acids is 1. The minimum Gasteiger partial charge on any atom is -0.478 e. The largest absolute Gasteiger partial charge is 0.478 e. The van der Waals surface area contributed by atoms with Crippen molar-refractivity contribution in [3.05, 3.63) is 99.6 Å². The van der Waals surface area contributed by atoms with Gasteiger partial charge in [-0.25, -0.2) is 9.59 Å². The van der Waals surface area contributed by atoms with Crippen LogP contribution in [0.15, 0.2) is 65.6 Å². The number of Topliss-reactive ketones (excluding diaryl/α,β-unsaturated/α-hetero) is 1. The molecule has 0 atom stereocenters. The average Bonchev–Trinajstić information content (AvgIpc) is 2.85. The van der Waals surface area contributed by atoms with Gasteiger partial charge in [0.2, 0.25) is 0 Å². The van der Waals surface area contributed by atoms with E-state index in [1.807, 2.05) is 0 Å². The first-order chi connectivity index (χ1) is 18.2. The van der Waals surface area contributed by atoms with E-state index in [2.05, 4.69) is 0 Å². The van der Waals surface area contributed by atoms with Gasteiger partial charge in [0.25, 0.3) is 0 Å². The summed E-state index contributed by atoms with van der Waals surface area (Å²) in [4.78, 5) is 37.6. The fourth-order valence-corrected chi connectivity index (χ4v) is 6.18. The van der Waals surface area contributed by atoms with Crippen LogP contribution in [-0.4, -0.2) is 33.7 Å². The lowest BCUT2D eigenvalue weighted by Gasteiger charge is -2.38. The highest BCUT2D eigenvalue weighted by atomic mass is 32.2. The fraction of sp³-hybridized carbons (Fsp3) is 0.222. The summed E-state index contributed by atoms with van der Waals surface area (Å²) >= 11 is 1.07. The first kappa shape index (κ1) is 28.2. The third-order valence-corrected chi connectivity index (χ3v) is 7.87. The summed E-state index contributed by atoms with van der Waals surface area (Å²) in [7, 11) is 0. The Morgan fingerprint density at radius 1 is 0.744 bits per heavy atom. The number of carboxylic acid groups (broad SMARTS) is 2. The van der Waals surface area contributed by atoms with E-state index in [1.54, 1.807) is 12.1 Å². The number of rotatable bonds is 6. The maximum Gasteiger partial charge on any atom is 0.417 e. The molecule has 0 spiro atoms. The Labute approximate surface area is 221 Å². The van der Waals surface area contributed by atoms with E-state index >= 15 is 0 Å². The van der Waals surface area contributed by atoms with E-state index in [4.69, 9.17) is 0 Å². The predicted molar refractivity (Wildman–Crippen MR) is 128 cm³/mol. The van der Waals surface area contributed by atoms with Crippen LogP contribution in [0.5, 0.6) is 0 Å². The number of fused-ring (bicyclic) bond motifs is 1. The van der Waals surface area contributed by atoms with E-state index in [1.165, 1.54) is 12.1 Å². The van der Waals surface area contributed by atoms with Crippen molar-refractivity contribution in [1.82, 2.24) is 0 Å². The molecule has 3 aromatic carbocycles. The Hall–Kier alpha value is -3.80. The van der Waals surface area contributed by atoms with Gasteiger partial charge in [-0.3, -0.25) is 4.79 Å². The Kier molecular flexibility index (Phi) is 7.28. The van der Waals surface area contributed by atoms with Gasteiger partial charge in [-0.1, -0.05) is 42.5 Å². The summed E-state index contributed by atoms with van der Waals surface area (Å²) in [6, 6.07) is 11.8. The van der Waals surface area contributed by atoms with E-state index in [9.17, 15) is 50.9 Å². The zero-order valence-electron chi connectivity index (χ0n) is 19.7. The van der Waals surface area contributed by atoms with Crippen molar-refractivity contribution < 1.29 is 50.9 Å². The fourth-order valence-electron chi connectivity index (χ4n) is 4.92. The van der Waals surface area contributed by atoms with Gasteiger partial charge in [0.05, 0.1) is 27.7 Å². The Morgan fingerprint density at radius 3 is 1.64 bits per heavy atom. The van der Waals surface area contributed by atoms with Gasteiger partial charge in [0.15, 0.2) is 5.78 Å². The molecule has 1 heterocycles. The Bertz CT molecular complexity index is 1400. The van der Waals surface area contributed by atoms with E-state index < -0.39 is 81.7 Å². The smallest absolute Gasteiger partial charge is 0.417 e. The molecule has 2 N–H and O–H groups in total. The van der Waals surface area contributed by atoms with Crippen LogP contribution in [0.2, 0.25) is 0 Å². The summed E-state index contributed by atoms with van der Waals surface area (Å²) in [6.45, 7) is 0. The van der Waals surface area contributed by atoms with Crippen LogP contribution in [0, 0.1) is 5.41 Å². The Balaban J connectivity index is 1.96. The third-order valence-electron chi connectivity index (χ3n) is 6.50. The summed E-state index contributed by atoms with van der Waals surface area (Å²) < 4.78 is 84.6. The lowest BCUT2D eigenvalue weighted by atomic mass is 9.70. The summed E-state index contributed by atoms with van der Waals surface area (Å²) in [5, 5.41) is 18.8. The minimum absolute atomic E-state index is 0.0969. The molecule has 5 nitrogen and oxygen atoms in total. The number of thioether (sulfide) groups is 1. The number of ketones is 1. The number of hydrogen-bond acceptors (Lipinski definition) is 4. The number of hydrogen-bond donors (Lipinski definition) is 2. The zero-order chi connectivity index (χ0) is 28.8. The molecule has 39 heavy (non-hydrogen) atoms. The molecule has 4 rings (SSSR count). The van der Waals surface area contributed by atoms with Gasteiger partial charge >= 0.3 is 24.3 Å². The highest BCUT2D eigenvalue weighted by Crippen LogP contribution is 2.47. The van der Waals surface area contributed by atoms with Gasteiger partial charge in [0, 0.05) is 16.2 Å². The lowest BCUT2D eigenvalue weighted by molar-refractivity contribution is -0.139. The standard InChI is InChI=1S/C27H18F6O5S/c28-26(29,30)20-14(5-3-8-17(20)23(35)36)11-25(13-39-19-10-2-1-7-16(19)22(25)34)12-15-6-4-9-18(24(37)38)21(15)27(31,32)33/h1-10H,11-13H2,(H,35,36)(H,37,38). The summed E-state index contributed by atoms with van der Waals surface area (Å²) in [5.74, 6) is -4.67. The third kappa shape index (κ3) is 5.38. The van der Waals surface area contributed by atoms with Crippen LogP contribution in [0.3, 0.4) is 0 Å². The van der Waals surface area contributed by atoms with E-state index in [0.29, 0.717) is 4.90 Å². The summed E-state index contributed by atoms with van der Waals surface area (Å²) in [5.41, 5.74) is -8.05. The number of alkyl halides is 6. The maximum absolute atomic E-state index is 14.1. The molecule has 0 aliphatic carbocycles. The molecular weight excluding hydrogens is 550 g/mol. The van der Waals surface area contributed by atoms with Gasteiger partial charge in [-0.2, -0.15) is 26.3 Å². The molecule has 12 heteroatoms. The van der Waals surface area contributed by atoms with E-state index in [-0.39, 0.29) is 11.3 Å². The van der Waals surface area contributed by atoms with Crippen molar-refractivity contribution >= 4 is 29.5 Å². The highest BCUT2D eigenvalue weighted by Gasteiger charge is 2.48. The number of benzene rings is 3. The summed E-state index contributed by atoms with van der Waals surface area (Å²) in [6.07, 6.45) is -11.8. The topological polar surface area (TPSA) is 91.7 Å². The normalized spacial score (nSPS) is 15.1. The van der Waals surface area contributed by atoms with Gasteiger partial charge in [-0.15, -0.1) is 11.8 Å². The number of halogens is 6. The SMILES string of the molecule is O=C(O)c1cccc(CC2(Cc3cccc(C(=O)O)c3C(F)(F)F)CSc3ccccc3C2=O)c1C(F)(F)F. The van der Waals surface area contributed by atoms with Crippen LogP contribution < -0.4 is 0 Å². The van der Waals surface area contributed by atoms with Crippen molar-refractivity contribution in [2.24, 2.45) is 5.41 Å². The molecule has 0 bridgehead atoms. The number of aromatic carboxylic acids is 2. The molecule has 0 unspecified atom stereocenters. The zero-order valence-corrected chi connectivity index (χ0v) is 20.5. The van der Waals surface area contributed by atoms with E-state index in [0.717, 1.165) is 48.2 Å². The molecule has 0 radical (unpaired) electrons. The number of carboxylic acids is 2. The number of carbonyl (C=O) groups is 3. The van der Waals surface area contributed by atoms with Gasteiger partial charge < -0.3 is 10.2 Å². The van der Waals surface area contributed by atoms with Crippen LogP contribution in [0.4, 0.5) is 26.3 Å². The molecule has 1 aliphatic heterocycles. The molecule has 0 saturated heterocycles. The monoisotopic (exact) mass is 568 g/mol. The lowest BCUT2D eigenvalue weighted by Crippen LogP contribution is -2.42. The van der Waals surface area contributed by atoms with Crippen molar-refractivity contribution in [3.63, 3.8) is 0 Å². The molecule has 204 valence electrons. The molecule has 0 saturated carbocycles. The molecule has 0 aromatic heterocycles. The Morgan fingerprint density at radius 2 is 1.21 bits per heavy atom. The second kappa shape index (κ2) is 10.1. The molecule has 0 fully saturated rings. The second-order valence-corrected chi connectivity index (χ2v) is 10.1. The second-order valence-electron chi connectivity index (χ2n) is 9.03. The van der Waals surface area contributed by atoms with Crippen molar-refractivity contribution in [2.45, 2.75) is 30.1 Å². The predicted octanol–water partition coefficient (Wildman–Crippen LogP) is 6.88. The van der Waals surface area contributed by atoms with Crippen LogP contribution in [0.25, 0.3) is 0 Å². The first-order valence-corrected chi connectivity index (χ1v) is 12.3. The molecule has 3 aromatic rings. The van der Waals surface area contributed by atoms with Crippen molar-refractivity contribution in [3.8, 4) is 0 Å². The molecule has 1 aliphatic rings. The highest BCUT2D eigenvalue weighted by molar-refractivity contribution is 7.99. The average molecular weight is 568 g/mol. The quantitative estimate of drug-likeness (QED) is 0.315. The van der Waals surface area contributed by atoms with Crippen LogP contribution >= 0.6 is 11.8 Å². The van der Waals surface area contributed by atoms with Crippen LogP contribution in [-0.2, 0) is 25.2 Å². The molecule has 0 amide bonds. The maximum atomic E-state index is 14.1. The first-order valence-electron chi connectivity index (χ1n) is 11.3. The molecular formula is C27H18F6O5S. The minimum atomic E-state index is -5.14.